The van der Waals surface area contributed by atoms with Crippen LogP contribution >= 0.6 is 24.8 Å². The van der Waals surface area contributed by atoms with Crippen molar-refractivity contribution < 1.29 is 0 Å². The molecule has 0 amide bonds. The lowest BCUT2D eigenvalue weighted by Crippen LogP contribution is -1.99. The fourth-order valence-corrected chi connectivity index (χ4v) is 1.84. The number of halogens is 2. The van der Waals surface area contributed by atoms with Gasteiger partial charge in [-0.3, -0.25) is 4.68 Å². The number of anilines is 3. The maximum Gasteiger partial charge on any atom is 0.133 e. The lowest BCUT2D eigenvalue weighted by atomic mass is 10.2. The molecule has 2 aromatic rings. The average molecular weight is 273 g/mol. The van der Waals surface area contributed by atoms with Gasteiger partial charge in [0.25, 0.3) is 0 Å². The first-order valence-electron chi connectivity index (χ1n) is 4.95. The number of fused-ring (bicyclic) bond motifs is 2. The van der Waals surface area contributed by atoms with Gasteiger partial charge >= 0.3 is 0 Å². The molecule has 0 saturated carbocycles. The number of hydrogen-bond donors (Lipinski definition) is 2. The molecule has 92 valence electrons. The van der Waals surface area contributed by atoms with Crippen molar-refractivity contribution in [2.24, 2.45) is 7.05 Å². The zero-order valence-corrected chi connectivity index (χ0v) is 10.9. The van der Waals surface area contributed by atoms with E-state index in [9.17, 15) is 0 Å². The molecule has 1 aliphatic rings. The fraction of sp³-hybridized carbons (Fsp3) is 0.182. The number of nitrogens with zero attached hydrogens (tertiary/aromatic N) is 2. The van der Waals surface area contributed by atoms with E-state index in [0.717, 1.165) is 23.7 Å². The van der Waals surface area contributed by atoms with Gasteiger partial charge < -0.3 is 10.6 Å². The van der Waals surface area contributed by atoms with Crippen molar-refractivity contribution >= 4 is 42.0 Å². The smallest absolute Gasteiger partial charge is 0.133 e. The van der Waals surface area contributed by atoms with Gasteiger partial charge in [-0.15, -0.1) is 24.8 Å². The highest BCUT2D eigenvalue weighted by molar-refractivity contribution is 5.85. The van der Waals surface area contributed by atoms with Crippen LogP contribution in [0.5, 0.6) is 0 Å². The molecular weight excluding hydrogens is 259 g/mol. The molecule has 0 atom stereocenters. The van der Waals surface area contributed by atoms with Crippen molar-refractivity contribution in [2.45, 2.75) is 6.54 Å². The molecule has 0 radical (unpaired) electrons. The van der Waals surface area contributed by atoms with Crippen molar-refractivity contribution in [2.75, 3.05) is 10.6 Å². The van der Waals surface area contributed by atoms with Crippen LogP contribution in [-0.4, -0.2) is 9.78 Å². The molecule has 1 aromatic heterocycles. The maximum atomic E-state index is 4.23. The van der Waals surface area contributed by atoms with E-state index >= 15 is 0 Å². The summed E-state index contributed by atoms with van der Waals surface area (Å²) in [5.41, 5.74) is 3.42. The first kappa shape index (κ1) is 13.7. The molecule has 0 saturated heterocycles. The summed E-state index contributed by atoms with van der Waals surface area (Å²) in [7, 11) is 1.94. The normalized spacial score (nSPS) is 11.6. The molecule has 0 bridgehead atoms. The molecule has 2 N–H and O–H groups in total. The zero-order valence-electron chi connectivity index (χ0n) is 9.30. The topological polar surface area (TPSA) is 41.9 Å². The van der Waals surface area contributed by atoms with Gasteiger partial charge in [0.15, 0.2) is 0 Å². The minimum absolute atomic E-state index is 0. The Hall–Kier alpha value is -1.39. The van der Waals surface area contributed by atoms with Crippen LogP contribution in [0.2, 0.25) is 0 Å². The lowest BCUT2D eigenvalue weighted by Gasteiger charge is -2.08. The third kappa shape index (κ3) is 2.33. The van der Waals surface area contributed by atoms with Gasteiger partial charge in [-0.2, -0.15) is 5.10 Å². The average Bonchev–Trinajstić information content (AvgIpc) is 2.51. The van der Waals surface area contributed by atoms with Gasteiger partial charge in [-0.1, -0.05) is 12.1 Å². The van der Waals surface area contributed by atoms with Gasteiger partial charge in [0.05, 0.1) is 17.6 Å². The summed E-state index contributed by atoms with van der Waals surface area (Å²) in [5.74, 6) is 1.06. The predicted molar refractivity (Wildman–Crippen MR) is 74.8 cm³/mol. The highest BCUT2D eigenvalue weighted by Gasteiger charge is 2.14. The van der Waals surface area contributed by atoms with Crippen molar-refractivity contribution in [1.82, 2.24) is 9.78 Å². The first-order valence-corrected chi connectivity index (χ1v) is 4.95. The third-order valence-electron chi connectivity index (χ3n) is 2.66. The maximum absolute atomic E-state index is 4.23. The van der Waals surface area contributed by atoms with Gasteiger partial charge in [0, 0.05) is 19.2 Å². The van der Waals surface area contributed by atoms with Crippen LogP contribution in [0.3, 0.4) is 0 Å². The SMILES string of the molecule is Cl.Cl.Cn1ncc2c1Nc1ccccc1NC2. The van der Waals surface area contributed by atoms with E-state index in [4.69, 9.17) is 0 Å². The number of nitrogens with one attached hydrogen (secondary N) is 2. The summed E-state index contributed by atoms with van der Waals surface area (Å²) in [5, 5.41) is 11.0. The van der Waals surface area contributed by atoms with E-state index in [1.807, 2.05) is 30.1 Å². The second-order valence-electron chi connectivity index (χ2n) is 3.67. The number of benzene rings is 1. The second kappa shape index (κ2) is 5.29. The molecule has 1 aliphatic heterocycles. The second-order valence-corrected chi connectivity index (χ2v) is 3.67. The molecule has 0 spiro atoms. The van der Waals surface area contributed by atoms with Crippen LogP contribution in [-0.2, 0) is 13.6 Å². The van der Waals surface area contributed by atoms with Crippen LogP contribution < -0.4 is 10.6 Å². The Kier molecular flexibility index (Phi) is 4.26. The quantitative estimate of drug-likeness (QED) is 0.775. The molecule has 2 heterocycles. The Bertz CT molecular complexity index is 510. The number of rotatable bonds is 0. The van der Waals surface area contributed by atoms with E-state index in [1.165, 1.54) is 5.56 Å². The van der Waals surface area contributed by atoms with Gasteiger partial charge in [0.2, 0.25) is 0 Å². The minimum Gasteiger partial charge on any atom is -0.379 e. The number of aryl methyl sites for hydroxylation is 1. The van der Waals surface area contributed by atoms with Gasteiger partial charge in [0.1, 0.15) is 5.82 Å². The monoisotopic (exact) mass is 272 g/mol. The largest absolute Gasteiger partial charge is 0.379 e. The summed E-state index contributed by atoms with van der Waals surface area (Å²) < 4.78 is 1.86. The summed E-state index contributed by atoms with van der Waals surface area (Å²) >= 11 is 0. The molecule has 0 fully saturated rings. The number of aromatic nitrogens is 2. The van der Waals surface area contributed by atoms with Crippen LogP contribution in [0.25, 0.3) is 0 Å². The summed E-state index contributed by atoms with van der Waals surface area (Å²) in [6.07, 6.45) is 1.89. The van der Waals surface area contributed by atoms with E-state index in [0.29, 0.717) is 0 Å². The Balaban J connectivity index is 0.000000722. The summed E-state index contributed by atoms with van der Waals surface area (Å²) in [6.45, 7) is 0.813. The van der Waals surface area contributed by atoms with Crippen LogP contribution in [0.15, 0.2) is 30.5 Å². The number of hydrogen-bond acceptors (Lipinski definition) is 3. The Morgan fingerprint density at radius 1 is 1.18 bits per heavy atom. The molecule has 4 nitrogen and oxygen atoms in total. The molecule has 6 heteroatoms. The Labute approximate surface area is 112 Å². The van der Waals surface area contributed by atoms with Gasteiger partial charge in [-0.25, -0.2) is 0 Å². The van der Waals surface area contributed by atoms with E-state index in [-0.39, 0.29) is 24.8 Å². The standard InChI is InChI=1S/C11H12N4.2ClH/c1-15-11-8(7-13-15)6-12-9-4-2-3-5-10(9)14-11;;/h2-5,7,12,14H,6H2,1H3;2*1H. The van der Waals surface area contributed by atoms with E-state index in [2.05, 4.69) is 27.9 Å². The lowest BCUT2D eigenvalue weighted by molar-refractivity contribution is 0.776. The van der Waals surface area contributed by atoms with E-state index in [1.54, 1.807) is 0 Å². The van der Waals surface area contributed by atoms with Crippen molar-refractivity contribution in [1.29, 1.82) is 0 Å². The predicted octanol–water partition coefficient (Wildman–Crippen LogP) is 2.93. The molecule has 1 aromatic carbocycles. The van der Waals surface area contributed by atoms with Crippen LogP contribution in [0.4, 0.5) is 17.2 Å². The molecule has 17 heavy (non-hydrogen) atoms. The third-order valence-corrected chi connectivity index (χ3v) is 2.66. The summed E-state index contributed by atoms with van der Waals surface area (Å²) in [6, 6.07) is 8.18. The molecule has 3 rings (SSSR count). The van der Waals surface area contributed by atoms with Crippen LogP contribution in [0.1, 0.15) is 5.56 Å². The highest BCUT2D eigenvalue weighted by Crippen LogP contribution is 2.30. The molecule has 0 unspecified atom stereocenters. The first-order chi connectivity index (χ1) is 7.34. The zero-order chi connectivity index (χ0) is 10.3. The summed E-state index contributed by atoms with van der Waals surface area (Å²) in [4.78, 5) is 0. The minimum atomic E-state index is 0. The van der Waals surface area contributed by atoms with Crippen molar-refractivity contribution in [3.63, 3.8) is 0 Å². The highest BCUT2D eigenvalue weighted by atomic mass is 35.5. The van der Waals surface area contributed by atoms with Crippen molar-refractivity contribution in [3.05, 3.63) is 36.0 Å². The Morgan fingerprint density at radius 3 is 2.65 bits per heavy atom. The fourth-order valence-electron chi connectivity index (χ4n) is 1.84. The molecule has 0 aliphatic carbocycles. The van der Waals surface area contributed by atoms with Gasteiger partial charge in [-0.05, 0) is 12.1 Å². The van der Waals surface area contributed by atoms with Crippen molar-refractivity contribution in [3.8, 4) is 0 Å². The Morgan fingerprint density at radius 2 is 1.88 bits per heavy atom. The number of para-hydroxylation sites is 2. The molecular formula is C11H14Cl2N4. The van der Waals surface area contributed by atoms with E-state index < -0.39 is 0 Å². The van der Waals surface area contributed by atoms with Crippen LogP contribution in [0, 0.1) is 0 Å².